The third-order valence-electron chi connectivity index (χ3n) is 5.68. The summed E-state index contributed by atoms with van der Waals surface area (Å²) < 4.78 is 0. The minimum absolute atomic E-state index is 0.278. The minimum atomic E-state index is -1.06. The largest absolute Gasteiger partial charge is 0.481 e. The van der Waals surface area contributed by atoms with E-state index < -0.39 is 29.9 Å². The summed E-state index contributed by atoms with van der Waals surface area (Å²) in [5.74, 6) is -1.37. The lowest BCUT2D eigenvalue weighted by Crippen LogP contribution is -2.51. The maximum absolute atomic E-state index is 12.4. The zero-order chi connectivity index (χ0) is 24.8. The maximum atomic E-state index is 12.4. The van der Waals surface area contributed by atoms with Crippen molar-refractivity contribution < 1.29 is 24.6 Å². The van der Waals surface area contributed by atoms with Crippen LogP contribution in [-0.4, -0.2) is 63.7 Å². The first-order valence-electron chi connectivity index (χ1n) is 11.6. The van der Waals surface area contributed by atoms with Crippen molar-refractivity contribution in [1.29, 1.82) is 0 Å². The van der Waals surface area contributed by atoms with Crippen molar-refractivity contribution in [2.24, 2.45) is 5.92 Å². The van der Waals surface area contributed by atoms with Gasteiger partial charge in [-0.3, -0.25) is 4.79 Å². The molecular weight excluding hydrogens is 440 g/mol. The van der Waals surface area contributed by atoms with Gasteiger partial charge in [0.2, 0.25) is 0 Å². The number of allylic oxidation sites excluding steroid dienone is 5. The number of likely N-dealkylation sites (tertiary alicyclic amines) is 1. The summed E-state index contributed by atoms with van der Waals surface area (Å²) in [6.07, 6.45) is 11.6. The predicted octanol–water partition coefficient (Wildman–Crippen LogP) is 5.10. The molecule has 7 nitrogen and oxygen atoms in total. The monoisotopic (exact) mass is 480 g/mol. The second-order valence-electron chi connectivity index (χ2n) is 8.94. The average molecular weight is 481 g/mol. The average Bonchev–Trinajstić information content (AvgIpc) is 2.75. The van der Waals surface area contributed by atoms with E-state index in [1.54, 1.807) is 0 Å². The van der Waals surface area contributed by atoms with Gasteiger partial charge >= 0.3 is 18.0 Å². The van der Waals surface area contributed by atoms with Crippen LogP contribution >= 0.6 is 11.8 Å². The van der Waals surface area contributed by atoms with E-state index in [9.17, 15) is 19.5 Å². The Morgan fingerprint density at radius 2 is 1.55 bits per heavy atom. The van der Waals surface area contributed by atoms with Crippen molar-refractivity contribution in [3.05, 3.63) is 34.9 Å². The molecule has 1 heterocycles. The van der Waals surface area contributed by atoms with E-state index in [4.69, 9.17) is 5.11 Å². The lowest BCUT2D eigenvalue weighted by Gasteiger charge is -2.31. The van der Waals surface area contributed by atoms with Crippen molar-refractivity contribution in [2.45, 2.75) is 72.3 Å². The summed E-state index contributed by atoms with van der Waals surface area (Å²) in [4.78, 5) is 36.5. The van der Waals surface area contributed by atoms with Crippen LogP contribution in [0.15, 0.2) is 34.9 Å². The molecule has 1 unspecified atom stereocenters. The smallest absolute Gasteiger partial charge is 0.327 e. The number of rotatable bonds is 13. The fraction of sp³-hybridized carbons (Fsp3) is 0.640. The number of piperidine rings is 1. The molecule has 1 saturated heterocycles. The zero-order valence-corrected chi connectivity index (χ0v) is 21.2. The first-order valence-corrected chi connectivity index (χ1v) is 12.8. The Hall–Kier alpha value is -2.22. The Morgan fingerprint density at radius 3 is 2.09 bits per heavy atom. The van der Waals surface area contributed by atoms with Gasteiger partial charge in [0.1, 0.15) is 6.04 Å². The minimum Gasteiger partial charge on any atom is -0.481 e. The van der Waals surface area contributed by atoms with Crippen LogP contribution in [0.25, 0.3) is 0 Å². The van der Waals surface area contributed by atoms with Crippen molar-refractivity contribution in [3.8, 4) is 0 Å². The quantitative estimate of drug-likeness (QED) is 0.250. The lowest BCUT2D eigenvalue weighted by molar-refractivity contribution is -0.143. The van der Waals surface area contributed by atoms with Crippen LogP contribution in [0.5, 0.6) is 0 Å². The van der Waals surface area contributed by atoms with E-state index in [-0.39, 0.29) is 5.75 Å². The number of carbonyl (C=O) groups excluding carboxylic acids is 1. The van der Waals surface area contributed by atoms with E-state index in [2.05, 4.69) is 51.2 Å². The number of urea groups is 1. The number of amides is 2. The zero-order valence-electron chi connectivity index (χ0n) is 20.4. The van der Waals surface area contributed by atoms with Gasteiger partial charge in [-0.1, -0.05) is 34.9 Å². The van der Waals surface area contributed by atoms with Crippen LogP contribution in [-0.2, 0) is 9.59 Å². The van der Waals surface area contributed by atoms with Crippen LogP contribution < -0.4 is 5.32 Å². The van der Waals surface area contributed by atoms with Crippen LogP contribution in [0, 0.1) is 5.92 Å². The first kappa shape index (κ1) is 28.8. The van der Waals surface area contributed by atoms with Gasteiger partial charge in [-0.15, -0.1) is 0 Å². The number of hydrogen-bond acceptors (Lipinski definition) is 4. The summed E-state index contributed by atoms with van der Waals surface area (Å²) in [6.45, 7) is 9.14. The maximum Gasteiger partial charge on any atom is 0.327 e. The second kappa shape index (κ2) is 15.6. The fourth-order valence-electron chi connectivity index (χ4n) is 3.47. The van der Waals surface area contributed by atoms with E-state index in [1.807, 2.05) is 0 Å². The van der Waals surface area contributed by atoms with Gasteiger partial charge in [-0.2, -0.15) is 11.8 Å². The molecule has 1 aliphatic rings. The SMILES string of the molecule is CC(C)=CCC/C(C)=C/CC/C(C)=C/CSCC(NC(=O)N1CCC(C(=O)O)CC1)C(=O)O. The molecule has 1 rings (SSSR count). The molecule has 3 N–H and O–H groups in total. The van der Waals surface area contributed by atoms with Gasteiger partial charge in [0.15, 0.2) is 0 Å². The number of carbonyl (C=O) groups is 3. The molecule has 1 atom stereocenters. The fourth-order valence-corrected chi connectivity index (χ4v) is 4.47. The Labute approximate surface area is 202 Å². The highest BCUT2D eigenvalue weighted by Crippen LogP contribution is 2.18. The molecule has 0 aromatic rings. The topological polar surface area (TPSA) is 107 Å². The molecule has 0 saturated carbocycles. The second-order valence-corrected chi connectivity index (χ2v) is 10.0. The van der Waals surface area contributed by atoms with Gasteiger partial charge in [0.05, 0.1) is 5.92 Å². The number of nitrogens with one attached hydrogen (secondary N) is 1. The molecule has 1 aliphatic heterocycles. The molecule has 0 radical (unpaired) electrons. The molecule has 0 aliphatic carbocycles. The molecule has 33 heavy (non-hydrogen) atoms. The summed E-state index contributed by atoms with van der Waals surface area (Å²) in [5, 5.41) is 21.1. The number of thioether (sulfide) groups is 1. The van der Waals surface area contributed by atoms with Crippen molar-refractivity contribution in [2.75, 3.05) is 24.6 Å². The standard InChI is InChI=1S/C25H40N2O5S/c1-18(2)7-5-8-19(3)9-6-10-20(4)13-16-33-17-22(24(30)31)26-25(32)27-14-11-21(12-15-27)23(28)29/h7,9,13,21-22H,5-6,8,10-12,14-17H2,1-4H3,(H,26,32)(H,28,29)(H,30,31)/b19-9+,20-13+. The van der Waals surface area contributed by atoms with E-state index in [1.165, 1.54) is 33.4 Å². The van der Waals surface area contributed by atoms with E-state index >= 15 is 0 Å². The summed E-state index contributed by atoms with van der Waals surface area (Å²) in [6, 6.07) is -1.41. The van der Waals surface area contributed by atoms with Gasteiger partial charge in [0, 0.05) is 24.6 Å². The Balaban J connectivity index is 2.34. The Kier molecular flexibility index (Phi) is 13.6. The molecule has 1 fully saturated rings. The number of aliphatic carboxylic acids is 2. The van der Waals surface area contributed by atoms with Gasteiger partial charge in [-0.25, -0.2) is 9.59 Å². The number of hydrogen-bond donors (Lipinski definition) is 3. The van der Waals surface area contributed by atoms with Crippen LogP contribution in [0.2, 0.25) is 0 Å². The molecule has 0 bridgehead atoms. The van der Waals surface area contributed by atoms with Gasteiger partial charge in [0.25, 0.3) is 0 Å². The normalized spacial score (nSPS) is 16.3. The number of nitrogens with zero attached hydrogens (tertiary/aromatic N) is 1. The van der Waals surface area contributed by atoms with Gasteiger partial charge in [-0.05, 0) is 66.2 Å². The number of carboxylic acid groups (broad SMARTS) is 2. The highest BCUT2D eigenvalue weighted by atomic mass is 32.2. The van der Waals surface area contributed by atoms with Crippen LogP contribution in [0.3, 0.4) is 0 Å². The van der Waals surface area contributed by atoms with E-state index in [0.29, 0.717) is 31.7 Å². The number of carboxylic acids is 2. The molecular formula is C25H40N2O5S. The lowest BCUT2D eigenvalue weighted by atomic mass is 9.97. The van der Waals surface area contributed by atoms with Crippen LogP contribution in [0.1, 0.15) is 66.2 Å². The highest BCUT2D eigenvalue weighted by molar-refractivity contribution is 7.99. The summed E-state index contributed by atoms with van der Waals surface area (Å²) in [7, 11) is 0. The van der Waals surface area contributed by atoms with E-state index in [0.717, 1.165) is 25.7 Å². The summed E-state index contributed by atoms with van der Waals surface area (Å²) >= 11 is 1.47. The Bertz CT molecular complexity index is 748. The highest BCUT2D eigenvalue weighted by Gasteiger charge is 2.29. The molecule has 0 aromatic heterocycles. The summed E-state index contributed by atoms with van der Waals surface area (Å²) in [5.41, 5.74) is 4.03. The molecule has 186 valence electrons. The third kappa shape index (κ3) is 12.6. The molecule has 0 spiro atoms. The Morgan fingerprint density at radius 1 is 0.970 bits per heavy atom. The molecule has 0 aromatic carbocycles. The molecule has 8 heteroatoms. The third-order valence-corrected chi connectivity index (χ3v) is 6.66. The first-order chi connectivity index (χ1) is 15.6. The van der Waals surface area contributed by atoms with Crippen LogP contribution in [0.4, 0.5) is 4.79 Å². The van der Waals surface area contributed by atoms with Crippen molar-refractivity contribution in [1.82, 2.24) is 10.2 Å². The van der Waals surface area contributed by atoms with Gasteiger partial charge < -0.3 is 20.4 Å². The van der Waals surface area contributed by atoms with Crippen molar-refractivity contribution in [3.63, 3.8) is 0 Å². The predicted molar refractivity (Wildman–Crippen MR) is 135 cm³/mol. The van der Waals surface area contributed by atoms with Crippen molar-refractivity contribution >= 4 is 29.7 Å². The molecule has 2 amide bonds.